The number of fused-ring (bicyclic) bond motifs is 1. The number of rotatable bonds is 2. The monoisotopic (exact) mass is 374 g/mol. The van der Waals surface area contributed by atoms with E-state index >= 15 is 0 Å². The summed E-state index contributed by atoms with van der Waals surface area (Å²) in [4.78, 5) is 26.9. The summed E-state index contributed by atoms with van der Waals surface area (Å²) in [7, 11) is 1.61. The third kappa shape index (κ3) is 3.26. The van der Waals surface area contributed by atoms with E-state index in [1.807, 2.05) is 9.58 Å². The van der Waals surface area contributed by atoms with Gasteiger partial charge < -0.3 is 15.0 Å². The van der Waals surface area contributed by atoms with Crippen LogP contribution in [0, 0.1) is 11.3 Å². The van der Waals surface area contributed by atoms with Gasteiger partial charge in [0.25, 0.3) is 5.91 Å². The molecule has 1 aromatic rings. The molecule has 2 amide bonds. The lowest BCUT2D eigenvalue weighted by Gasteiger charge is -2.45. The van der Waals surface area contributed by atoms with Crippen LogP contribution in [0.1, 0.15) is 62.1 Å². The summed E-state index contributed by atoms with van der Waals surface area (Å²) in [6.45, 7) is 7.04. The van der Waals surface area contributed by atoms with Crippen molar-refractivity contribution in [3.63, 3.8) is 0 Å². The number of ether oxygens (including phenoxy) is 1. The number of piperidine rings is 1. The number of amides is 2. The van der Waals surface area contributed by atoms with Gasteiger partial charge in [0.15, 0.2) is 5.69 Å². The van der Waals surface area contributed by atoms with E-state index in [-0.39, 0.29) is 22.8 Å². The molecule has 1 aliphatic carbocycles. The van der Waals surface area contributed by atoms with E-state index in [9.17, 15) is 9.59 Å². The van der Waals surface area contributed by atoms with Crippen LogP contribution < -0.4 is 5.32 Å². The van der Waals surface area contributed by atoms with Gasteiger partial charge in [0, 0.05) is 26.1 Å². The van der Waals surface area contributed by atoms with Crippen LogP contribution in [0.5, 0.6) is 0 Å². The molecule has 7 nitrogen and oxygen atoms in total. The Labute approximate surface area is 160 Å². The average Bonchev–Trinajstić information content (AvgIpc) is 3.23. The van der Waals surface area contributed by atoms with Crippen LogP contribution in [0.25, 0.3) is 0 Å². The summed E-state index contributed by atoms with van der Waals surface area (Å²) in [5.41, 5.74) is 1.21. The molecular weight excluding hydrogens is 344 g/mol. The molecule has 2 fully saturated rings. The topological polar surface area (TPSA) is 76.5 Å². The van der Waals surface area contributed by atoms with Crippen molar-refractivity contribution < 1.29 is 14.3 Å². The molecule has 1 atom stereocenters. The number of aromatic nitrogens is 2. The van der Waals surface area contributed by atoms with Crippen LogP contribution in [0.15, 0.2) is 6.07 Å². The van der Waals surface area contributed by atoms with E-state index in [0.717, 1.165) is 50.9 Å². The molecule has 3 aliphatic rings. The second kappa shape index (κ2) is 6.62. The number of likely N-dealkylation sites (tertiary alicyclic amines) is 1. The van der Waals surface area contributed by atoms with Crippen molar-refractivity contribution in [2.45, 2.75) is 64.7 Å². The second-order valence-electron chi connectivity index (χ2n) is 8.99. The zero-order valence-electron chi connectivity index (χ0n) is 16.6. The summed E-state index contributed by atoms with van der Waals surface area (Å²) in [5, 5.41) is 7.06. The fourth-order valence-electron chi connectivity index (χ4n) is 4.94. The Morgan fingerprint density at radius 2 is 2.00 bits per heavy atom. The molecule has 27 heavy (non-hydrogen) atoms. The maximum atomic E-state index is 13.0. The van der Waals surface area contributed by atoms with Crippen LogP contribution in [-0.4, -0.2) is 52.2 Å². The van der Waals surface area contributed by atoms with Crippen molar-refractivity contribution in [2.75, 3.05) is 20.1 Å². The Hall–Kier alpha value is -1.89. The molecule has 4 rings (SSSR count). The highest BCUT2D eigenvalue weighted by Gasteiger charge is 2.45. The first-order valence-electron chi connectivity index (χ1n) is 10.1. The standard InChI is InChI=1S/C20H30N4O3/c1-19(2)6-4-5-15(19)18(26)23-9-7-20(8-10-23)13-24-14(12-27-20)11-16(22-24)17(25)21-3/h11,15H,4-10,12-13H2,1-3H3,(H,21,25). The van der Waals surface area contributed by atoms with Crippen molar-refractivity contribution in [1.82, 2.24) is 20.0 Å². The van der Waals surface area contributed by atoms with Crippen molar-refractivity contribution in [1.29, 1.82) is 0 Å². The molecule has 7 heteroatoms. The number of hydrogen-bond acceptors (Lipinski definition) is 4. The molecule has 0 radical (unpaired) electrons. The molecule has 2 aliphatic heterocycles. The predicted molar refractivity (Wildman–Crippen MR) is 100 cm³/mol. The van der Waals surface area contributed by atoms with Crippen LogP contribution in [-0.2, 0) is 22.7 Å². The zero-order valence-corrected chi connectivity index (χ0v) is 16.6. The van der Waals surface area contributed by atoms with Crippen molar-refractivity contribution in [2.24, 2.45) is 11.3 Å². The molecule has 0 aromatic carbocycles. The van der Waals surface area contributed by atoms with Gasteiger partial charge in [-0.2, -0.15) is 5.10 Å². The summed E-state index contributed by atoms with van der Waals surface area (Å²) < 4.78 is 8.13. The summed E-state index contributed by atoms with van der Waals surface area (Å²) in [6.07, 6.45) is 4.95. The quantitative estimate of drug-likeness (QED) is 0.859. The number of carbonyl (C=O) groups excluding carboxylic acids is 2. The Morgan fingerprint density at radius 1 is 1.26 bits per heavy atom. The van der Waals surface area contributed by atoms with Crippen molar-refractivity contribution in [3.05, 3.63) is 17.5 Å². The minimum atomic E-state index is -0.277. The SMILES string of the molecule is CNC(=O)c1cc2n(n1)CC1(CCN(C(=O)C3CCCC3(C)C)CC1)OC2. The number of hydrogen-bond donors (Lipinski definition) is 1. The van der Waals surface area contributed by atoms with Gasteiger partial charge in [0.1, 0.15) is 0 Å². The van der Waals surface area contributed by atoms with E-state index in [4.69, 9.17) is 4.74 Å². The van der Waals surface area contributed by atoms with Crippen LogP contribution >= 0.6 is 0 Å². The molecular formula is C20H30N4O3. The van der Waals surface area contributed by atoms with Crippen LogP contribution in [0.3, 0.4) is 0 Å². The highest BCUT2D eigenvalue weighted by Crippen LogP contribution is 2.44. The Balaban J connectivity index is 1.41. The largest absolute Gasteiger partial charge is 0.367 e. The molecule has 1 saturated carbocycles. The first-order chi connectivity index (χ1) is 12.8. The van der Waals surface area contributed by atoms with Crippen molar-refractivity contribution in [3.8, 4) is 0 Å². The second-order valence-corrected chi connectivity index (χ2v) is 8.99. The summed E-state index contributed by atoms with van der Waals surface area (Å²) >= 11 is 0. The van der Waals surface area contributed by atoms with E-state index in [2.05, 4.69) is 24.3 Å². The minimum absolute atomic E-state index is 0.119. The fourth-order valence-corrected chi connectivity index (χ4v) is 4.94. The highest BCUT2D eigenvalue weighted by atomic mass is 16.5. The lowest BCUT2D eigenvalue weighted by Crippen LogP contribution is -2.53. The molecule has 1 saturated heterocycles. The lowest BCUT2D eigenvalue weighted by molar-refractivity contribution is -0.151. The van der Waals surface area contributed by atoms with Gasteiger partial charge in [0.2, 0.25) is 5.91 Å². The van der Waals surface area contributed by atoms with Gasteiger partial charge >= 0.3 is 0 Å². The highest BCUT2D eigenvalue weighted by molar-refractivity contribution is 5.92. The predicted octanol–water partition coefficient (Wildman–Crippen LogP) is 1.96. The Bertz CT molecular complexity index is 746. The molecule has 1 N–H and O–H groups in total. The van der Waals surface area contributed by atoms with Crippen LogP contribution in [0.4, 0.5) is 0 Å². The molecule has 148 valence electrons. The van der Waals surface area contributed by atoms with E-state index in [0.29, 0.717) is 24.8 Å². The Morgan fingerprint density at radius 3 is 2.63 bits per heavy atom. The van der Waals surface area contributed by atoms with Gasteiger partial charge in [0.05, 0.1) is 24.4 Å². The number of carbonyl (C=O) groups is 2. The van der Waals surface area contributed by atoms with Gasteiger partial charge in [-0.25, -0.2) is 0 Å². The van der Waals surface area contributed by atoms with Gasteiger partial charge in [-0.05, 0) is 37.2 Å². The van der Waals surface area contributed by atoms with Crippen LogP contribution in [0.2, 0.25) is 0 Å². The van der Waals surface area contributed by atoms with E-state index < -0.39 is 0 Å². The molecule has 3 heterocycles. The Kier molecular flexibility index (Phi) is 4.53. The van der Waals surface area contributed by atoms with E-state index in [1.165, 1.54) is 0 Å². The van der Waals surface area contributed by atoms with E-state index in [1.54, 1.807) is 13.1 Å². The zero-order chi connectivity index (χ0) is 19.2. The molecule has 1 unspecified atom stereocenters. The molecule has 0 bridgehead atoms. The fraction of sp³-hybridized carbons (Fsp3) is 0.750. The smallest absolute Gasteiger partial charge is 0.271 e. The molecule has 1 spiro atoms. The summed E-state index contributed by atoms with van der Waals surface area (Å²) in [6, 6.07) is 1.80. The summed E-state index contributed by atoms with van der Waals surface area (Å²) in [5.74, 6) is 0.307. The van der Waals surface area contributed by atoms with Gasteiger partial charge in [-0.1, -0.05) is 20.3 Å². The molecule has 1 aromatic heterocycles. The number of nitrogens with one attached hydrogen (secondary N) is 1. The third-order valence-corrected chi connectivity index (χ3v) is 6.83. The van der Waals surface area contributed by atoms with Gasteiger partial charge in [-0.15, -0.1) is 0 Å². The van der Waals surface area contributed by atoms with Crippen molar-refractivity contribution >= 4 is 11.8 Å². The third-order valence-electron chi connectivity index (χ3n) is 6.83. The maximum Gasteiger partial charge on any atom is 0.271 e. The first kappa shape index (κ1) is 18.5. The first-order valence-corrected chi connectivity index (χ1v) is 10.1. The maximum absolute atomic E-state index is 13.0. The average molecular weight is 374 g/mol. The minimum Gasteiger partial charge on any atom is -0.367 e. The number of nitrogens with zero attached hydrogens (tertiary/aromatic N) is 3. The lowest BCUT2D eigenvalue weighted by atomic mass is 9.80. The van der Waals surface area contributed by atoms with Gasteiger partial charge in [-0.3, -0.25) is 14.3 Å². The normalized spacial score (nSPS) is 26.0.